The van der Waals surface area contributed by atoms with Gasteiger partial charge in [0.15, 0.2) is 0 Å². The molecule has 6 heteroatoms. The summed E-state index contributed by atoms with van der Waals surface area (Å²) in [5, 5.41) is 0. The van der Waals surface area contributed by atoms with E-state index in [0.29, 0.717) is 25.2 Å². The third kappa shape index (κ3) is 2.94. The van der Waals surface area contributed by atoms with Gasteiger partial charge in [0.25, 0.3) is 5.91 Å². The highest BCUT2D eigenvalue weighted by atomic mass is 16.6. The summed E-state index contributed by atoms with van der Waals surface area (Å²) in [7, 11) is 1.74. The summed E-state index contributed by atoms with van der Waals surface area (Å²) in [6, 6.07) is 1.86. The smallest absolute Gasteiger partial charge is 0.410 e. The molecule has 2 saturated heterocycles. The van der Waals surface area contributed by atoms with E-state index in [-0.39, 0.29) is 17.5 Å². The second kappa shape index (κ2) is 5.28. The van der Waals surface area contributed by atoms with Crippen molar-refractivity contribution in [2.24, 2.45) is 0 Å². The highest BCUT2D eigenvalue weighted by molar-refractivity contribution is 5.94. The molecule has 2 amide bonds. The standard InChI is InChI=1S/C17H25N3O3/c1-16(2,3)20-9-6-13(10-20)14(21)19-8-5-7-17(12-19)11-18(4)15(22)23-17/h6,9-10H,5,7-8,11-12H2,1-4H3. The highest BCUT2D eigenvalue weighted by Gasteiger charge is 2.47. The quantitative estimate of drug-likeness (QED) is 0.798. The molecule has 126 valence electrons. The molecule has 1 aromatic heterocycles. The zero-order valence-corrected chi connectivity index (χ0v) is 14.3. The molecule has 3 rings (SSSR count). The van der Waals surface area contributed by atoms with Gasteiger partial charge >= 0.3 is 6.09 Å². The maximum atomic E-state index is 12.8. The van der Waals surface area contributed by atoms with Gasteiger partial charge in [-0.05, 0) is 39.7 Å². The van der Waals surface area contributed by atoms with E-state index in [4.69, 9.17) is 4.74 Å². The van der Waals surface area contributed by atoms with Crippen molar-refractivity contribution in [2.75, 3.05) is 26.7 Å². The monoisotopic (exact) mass is 319 g/mol. The lowest BCUT2D eigenvalue weighted by atomic mass is 9.92. The Hall–Kier alpha value is -1.98. The lowest BCUT2D eigenvalue weighted by Crippen LogP contribution is -2.52. The van der Waals surface area contributed by atoms with Crippen LogP contribution >= 0.6 is 0 Å². The van der Waals surface area contributed by atoms with E-state index < -0.39 is 5.60 Å². The molecule has 0 saturated carbocycles. The number of rotatable bonds is 1. The molecular weight excluding hydrogens is 294 g/mol. The van der Waals surface area contributed by atoms with Crippen LogP contribution in [0.4, 0.5) is 4.79 Å². The zero-order valence-electron chi connectivity index (χ0n) is 14.3. The first-order chi connectivity index (χ1) is 10.7. The van der Waals surface area contributed by atoms with Crippen LogP contribution in [-0.4, -0.2) is 58.7 Å². The molecule has 0 aromatic carbocycles. The molecular formula is C17H25N3O3. The van der Waals surface area contributed by atoms with Crippen LogP contribution in [0.3, 0.4) is 0 Å². The molecule has 0 N–H and O–H groups in total. The van der Waals surface area contributed by atoms with Crippen molar-refractivity contribution in [3.05, 3.63) is 24.0 Å². The van der Waals surface area contributed by atoms with Crippen LogP contribution in [0, 0.1) is 0 Å². The van der Waals surface area contributed by atoms with Crippen LogP contribution in [0.1, 0.15) is 44.0 Å². The molecule has 1 spiro atoms. The highest BCUT2D eigenvalue weighted by Crippen LogP contribution is 2.32. The fraction of sp³-hybridized carbons (Fsp3) is 0.647. The number of hydrogen-bond acceptors (Lipinski definition) is 3. The summed E-state index contributed by atoms with van der Waals surface area (Å²) in [6.07, 6.45) is 5.22. The maximum Gasteiger partial charge on any atom is 0.410 e. The first kappa shape index (κ1) is 15.9. The first-order valence-corrected chi connectivity index (χ1v) is 8.12. The minimum Gasteiger partial charge on any atom is -0.439 e. The van der Waals surface area contributed by atoms with Crippen LogP contribution in [0.15, 0.2) is 18.5 Å². The summed E-state index contributed by atoms with van der Waals surface area (Å²) in [4.78, 5) is 27.9. The predicted octanol–water partition coefficient (Wildman–Crippen LogP) is 2.30. The number of ether oxygens (including phenoxy) is 1. The van der Waals surface area contributed by atoms with Crippen LogP contribution in [0.2, 0.25) is 0 Å². The van der Waals surface area contributed by atoms with Gasteiger partial charge in [0, 0.05) is 31.5 Å². The van der Waals surface area contributed by atoms with Gasteiger partial charge in [0.1, 0.15) is 5.60 Å². The molecule has 0 radical (unpaired) electrons. The van der Waals surface area contributed by atoms with Crippen molar-refractivity contribution in [3.8, 4) is 0 Å². The van der Waals surface area contributed by atoms with E-state index in [2.05, 4.69) is 20.8 Å². The Morgan fingerprint density at radius 3 is 2.61 bits per heavy atom. The average molecular weight is 319 g/mol. The molecule has 1 aromatic rings. The number of hydrogen-bond donors (Lipinski definition) is 0. The van der Waals surface area contributed by atoms with Gasteiger partial charge in [0.05, 0.1) is 18.7 Å². The number of nitrogens with zero attached hydrogens (tertiary/aromatic N) is 3. The van der Waals surface area contributed by atoms with Crippen LogP contribution in [0.5, 0.6) is 0 Å². The Kier molecular flexibility index (Phi) is 3.65. The van der Waals surface area contributed by atoms with E-state index in [1.807, 2.05) is 27.9 Å². The maximum absolute atomic E-state index is 12.8. The van der Waals surface area contributed by atoms with Gasteiger partial charge in [-0.3, -0.25) is 4.79 Å². The number of likely N-dealkylation sites (N-methyl/N-ethyl adjacent to an activating group) is 1. The van der Waals surface area contributed by atoms with Gasteiger partial charge in [-0.15, -0.1) is 0 Å². The molecule has 3 heterocycles. The van der Waals surface area contributed by atoms with Crippen molar-refractivity contribution in [1.29, 1.82) is 0 Å². The van der Waals surface area contributed by atoms with Gasteiger partial charge in [0.2, 0.25) is 0 Å². The number of carbonyl (C=O) groups is 2. The molecule has 23 heavy (non-hydrogen) atoms. The number of aromatic nitrogens is 1. The van der Waals surface area contributed by atoms with Gasteiger partial charge in [-0.1, -0.05) is 0 Å². The van der Waals surface area contributed by atoms with Crippen molar-refractivity contribution >= 4 is 12.0 Å². The van der Waals surface area contributed by atoms with Crippen LogP contribution < -0.4 is 0 Å². The van der Waals surface area contributed by atoms with E-state index in [0.717, 1.165) is 12.8 Å². The number of likely N-dealkylation sites (tertiary alicyclic amines) is 1. The minimum absolute atomic E-state index is 0.0117. The summed E-state index contributed by atoms with van der Waals surface area (Å²) in [6.45, 7) is 8.05. The van der Waals surface area contributed by atoms with Crippen molar-refractivity contribution in [1.82, 2.24) is 14.4 Å². The SMILES string of the molecule is CN1CC2(CCCN(C(=O)c3ccn(C(C)(C)C)c3)C2)OC1=O. The molecule has 6 nitrogen and oxygen atoms in total. The molecule has 1 atom stereocenters. The third-order valence-corrected chi connectivity index (χ3v) is 4.68. The third-order valence-electron chi connectivity index (χ3n) is 4.68. The van der Waals surface area contributed by atoms with Crippen LogP contribution in [-0.2, 0) is 10.3 Å². The van der Waals surface area contributed by atoms with E-state index in [1.54, 1.807) is 11.9 Å². The Morgan fingerprint density at radius 1 is 1.30 bits per heavy atom. The average Bonchev–Trinajstić information content (AvgIpc) is 3.04. The molecule has 2 fully saturated rings. The molecule has 2 aliphatic rings. The first-order valence-electron chi connectivity index (χ1n) is 8.12. The summed E-state index contributed by atoms with van der Waals surface area (Å²) < 4.78 is 7.61. The normalized spacial score (nSPS) is 25.1. The summed E-state index contributed by atoms with van der Waals surface area (Å²) >= 11 is 0. The van der Waals surface area contributed by atoms with Crippen molar-refractivity contribution in [2.45, 2.75) is 44.8 Å². The Morgan fingerprint density at radius 2 is 2.04 bits per heavy atom. The van der Waals surface area contributed by atoms with Gasteiger partial charge in [-0.25, -0.2) is 4.79 Å². The van der Waals surface area contributed by atoms with Crippen LogP contribution in [0.25, 0.3) is 0 Å². The minimum atomic E-state index is -0.535. The second-order valence-electron chi connectivity index (χ2n) is 7.72. The molecule has 0 aliphatic carbocycles. The topological polar surface area (TPSA) is 54.8 Å². The summed E-state index contributed by atoms with van der Waals surface area (Å²) in [5.74, 6) is 0.0117. The van der Waals surface area contributed by atoms with E-state index in [9.17, 15) is 9.59 Å². The Labute approximate surface area is 137 Å². The predicted molar refractivity (Wildman–Crippen MR) is 86.4 cm³/mol. The zero-order chi connectivity index (χ0) is 16.8. The van der Waals surface area contributed by atoms with E-state index in [1.165, 1.54) is 0 Å². The fourth-order valence-corrected chi connectivity index (χ4v) is 3.40. The van der Waals surface area contributed by atoms with Crippen molar-refractivity contribution in [3.63, 3.8) is 0 Å². The largest absolute Gasteiger partial charge is 0.439 e. The lowest BCUT2D eigenvalue weighted by Gasteiger charge is -2.38. The number of piperidine rings is 1. The second-order valence-corrected chi connectivity index (χ2v) is 7.72. The Balaban J connectivity index is 1.75. The Bertz CT molecular complexity index is 631. The number of amides is 2. The molecule has 1 unspecified atom stereocenters. The van der Waals surface area contributed by atoms with E-state index >= 15 is 0 Å². The fourth-order valence-electron chi connectivity index (χ4n) is 3.40. The van der Waals surface area contributed by atoms with Crippen molar-refractivity contribution < 1.29 is 14.3 Å². The summed E-state index contributed by atoms with van der Waals surface area (Å²) in [5.41, 5.74) is 0.104. The van der Waals surface area contributed by atoms with Gasteiger partial charge < -0.3 is 19.1 Å². The molecule has 0 bridgehead atoms. The lowest BCUT2D eigenvalue weighted by molar-refractivity contribution is -0.00521. The molecule has 2 aliphatic heterocycles. The van der Waals surface area contributed by atoms with Gasteiger partial charge in [-0.2, -0.15) is 0 Å². The number of carbonyl (C=O) groups excluding carboxylic acids is 2.